The summed E-state index contributed by atoms with van der Waals surface area (Å²) in [6.45, 7) is 9.44. The van der Waals surface area contributed by atoms with Gasteiger partial charge in [0, 0.05) is 19.6 Å². The largest absolute Gasteiger partial charge is 0.298 e. The van der Waals surface area contributed by atoms with Gasteiger partial charge in [-0.3, -0.25) is 4.79 Å². The number of nitriles is 2. The SMILES string of the molecule is CC.CC.CC(=O)C(C#N)c1ccc(Sc2ccccc2)cc1.N#CCc1ccc(Sc2ccccc2)cc1. The molecule has 0 N–H and O–H groups in total. The van der Waals surface area contributed by atoms with Gasteiger partial charge in [-0.05, 0) is 66.6 Å². The Kier molecular flexibility index (Phi) is 17.2. The number of Topliss-reactive ketones (excluding diaryl/α,β-unsaturated/α-hetero) is 1. The van der Waals surface area contributed by atoms with E-state index in [1.807, 2.05) is 119 Å². The summed E-state index contributed by atoms with van der Waals surface area (Å²) >= 11 is 3.39. The minimum absolute atomic E-state index is 0.119. The Labute approximate surface area is 242 Å². The molecule has 0 aliphatic rings. The van der Waals surface area contributed by atoms with E-state index in [4.69, 9.17) is 10.5 Å². The van der Waals surface area contributed by atoms with Crippen LogP contribution in [0.25, 0.3) is 0 Å². The highest BCUT2D eigenvalue weighted by atomic mass is 32.2. The van der Waals surface area contributed by atoms with Gasteiger partial charge in [0.15, 0.2) is 5.78 Å². The number of nitrogens with zero attached hydrogens (tertiary/aromatic N) is 2. The summed E-state index contributed by atoms with van der Waals surface area (Å²) in [4.78, 5) is 16.0. The molecule has 0 fully saturated rings. The van der Waals surface area contributed by atoms with E-state index in [2.05, 4.69) is 30.3 Å². The molecule has 0 radical (unpaired) electrons. The van der Waals surface area contributed by atoms with Crippen LogP contribution in [0.2, 0.25) is 0 Å². The van der Waals surface area contributed by atoms with Gasteiger partial charge in [-0.15, -0.1) is 0 Å². The van der Waals surface area contributed by atoms with Crippen molar-refractivity contribution in [3.63, 3.8) is 0 Å². The smallest absolute Gasteiger partial charge is 0.151 e. The second kappa shape index (κ2) is 20.2. The molecule has 4 aromatic carbocycles. The Balaban J connectivity index is 0.000000350. The van der Waals surface area contributed by atoms with Crippen LogP contribution < -0.4 is 0 Å². The summed E-state index contributed by atoms with van der Waals surface area (Å²) < 4.78 is 0. The summed E-state index contributed by atoms with van der Waals surface area (Å²) in [5.74, 6) is -0.776. The average Bonchev–Trinajstić information content (AvgIpc) is 2.99. The second-order valence-electron chi connectivity index (χ2n) is 7.55. The number of hydrogen-bond donors (Lipinski definition) is 0. The third-order valence-electron chi connectivity index (χ3n) is 4.91. The van der Waals surface area contributed by atoms with E-state index in [9.17, 15) is 4.79 Å². The third kappa shape index (κ3) is 12.5. The van der Waals surface area contributed by atoms with Crippen molar-refractivity contribution in [3.8, 4) is 12.1 Å². The first-order chi connectivity index (χ1) is 19.1. The van der Waals surface area contributed by atoms with Crippen LogP contribution in [0.5, 0.6) is 0 Å². The van der Waals surface area contributed by atoms with E-state index >= 15 is 0 Å². The minimum Gasteiger partial charge on any atom is -0.298 e. The van der Waals surface area contributed by atoms with Gasteiger partial charge < -0.3 is 0 Å². The van der Waals surface area contributed by atoms with E-state index < -0.39 is 5.92 Å². The molecule has 0 spiro atoms. The summed E-state index contributed by atoms with van der Waals surface area (Å²) in [5.41, 5.74) is 1.83. The molecule has 4 aromatic rings. The van der Waals surface area contributed by atoms with Crippen LogP contribution in [-0.4, -0.2) is 5.78 Å². The summed E-state index contributed by atoms with van der Waals surface area (Å²) in [5, 5.41) is 17.5. The molecule has 0 aliphatic heterocycles. The zero-order valence-corrected chi connectivity index (χ0v) is 24.9. The lowest BCUT2D eigenvalue weighted by atomic mass is 9.97. The zero-order chi connectivity index (χ0) is 28.9. The van der Waals surface area contributed by atoms with Crippen LogP contribution in [0.15, 0.2) is 129 Å². The van der Waals surface area contributed by atoms with Crippen LogP contribution in [0, 0.1) is 22.7 Å². The first-order valence-electron chi connectivity index (χ1n) is 13.0. The van der Waals surface area contributed by atoms with Crippen molar-refractivity contribution in [1.29, 1.82) is 10.5 Å². The van der Waals surface area contributed by atoms with Crippen LogP contribution in [0.3, 0.4) is 0 Å². The topological polar surface area (TPSA) is 64.7 Å². The Morgan fingerprint density at radius 2 is 1.03 bits per heavy atom. The van der Waals surface area contributed by atoms with Gasteiger partial charge in [-0.2, -0.15) is 10.5 Å². The van der Waals surface area contributed by atoms with Gasteiger partial charge in [0.05, 0.1) is 18.6 Å². The maximum atomic E-state index is 11.3. The molecule has 200 valence electrons. The Morgan fingerprint density at radius 3 is 1.38 bits per heavy atom. The Hall–Kier alpha value is -3.77. The van der Waals surface area contributed by atoms with Crippen molar-refractivity contribution in [3.05, 3.63) is 120 Å². The quantitative estimate of drug-likeness (QED) is 0.228. The summed E-state index contributed by atoms with van der Waals surface area (Å²) in [7, 11) is 0. The first kappa shape index (κ1) is 33.3. The van der Waals surface area contributed by atoms with Crippen LogP contribution in [-0.2, 0) is 11.2 Å². The average molecular weight is 553 g/mol. The molecular formula is C34H36N2OS2. The lowest BCUT2D eigenvalue weighted by molar-refractivity contribution is -0.117. The van der Waals surface area contributed by atoms with Crippen molar-refractivity contribution in [1.82, 2.24) is 0 Å². The maximum absolute atomic E-state index is 11.3. The van der Waals surface area contributed by atoms with Gasteiger partial charge in [0.25, 0.3) is 0 Å². The van der Waals surface area contributed by atoms with Gasteiger partial charge in [0.2, 0.25) is 0 Å². The maximum Gasteiger partial charge on any atom is 0.151 e. The minimum atomic E-state index is -0.657. The fourth-order valence-electron chi connectivity index (χ4n) is 3.14. The molecule has 1 unspecified atom stereocenters. The van der Waals surface area contributed by atoms with Crippen molar-refractivity contribution in [2.24, 2.45) is 0 Å². The highest BCUT2D eigenvalue weighted by Gasteiger charge is 2.15. The molecule has 0 aliphatic carbocycles. The number of ketones is 1. The monoisotopic (exact) mass is 552 g/mol. The molecule has 0 amide bonds. The number of carbonyl (C=O) groups is 1. The first-order valence-corrected chi connectivity index (χ1v) is 14.6. The molecule has 0 bridgehead atoms. The molecule has 0 aromatic heterocycles. The molecule has 4 rings (SSSR count). The Morgan fingerprint density at radius 1 is 0.641 bits per heavy atom. The van der Waals surface area contributed by atoms with Crippen molar-refractivity contribution < 1.29 is 4.79 Å². The highest BCUT2D eigenvalue weighted by Crippen LogP contribution is 2.29. The third-order valence-corrected chi connectivity index (χ3v) is 6.94. The molecule has 1 atom stereocenters. The molecule has 5 heteroatoms. The molecule has 0 heterocycles. The highest BCUT2D eigenvalue weighted by molar-refractivity contribution is 7.99. The fraction of sp³-hybridized carbons (Fsp3) is 0.206. The van der Waals surface area contributed by atoms with Crippen molar-refractivity contribution in [2.75, 3.05) is 0 Å². The molecule has 0 saturated heterocycles. The number of rotatable bonds is 7. The van der Waals surface area contributed by atoms with Crippen molar-refractivity contribution >= 4 is 29.3 Å². The van der Waals surface area contributed by atoms with E-state index in [0.29, 0.717) is 6.42 Å². The van der Waals surface area contributed by atoms with Crippen molar-refractivity contribution in [2.45, 2.75) is 66.5 Å². The second-order valence-corrected chi connectivity index (χ2v) is 9.84. The predicted molar refractivity (Wildman–Crippen MR) is 165 cm³/mol. The van der Waals surface area contributed by atoms with Gasteiger partial charge in [-0.1, -0.05) is 112 Å². The molecular weight excluding hydrogens is 517 g/mol. The van der Waals surface area contributed by atoms with Gasteiger partial charge >= 0.3 is 0 Å². The van der Waals surface area contributed by atoms with E-state index in [0.717, 1.165) is 16.0 Å². The standard InChI is InChI=1S/C16H13NOS.C14H11NS.2C2H6/c1-12(18)16(11-17)13-7-9-15(10-8-13)19-14-5-3-2-4-6-14;15-11-10-12-6-8-14(9-7-12)16-13-4-2-1-3-5-13;2*1-2/h2-10,16H,1H3;1-9H,10H2;2*1-2H3. The predicted octanol–water partition coefficient (Wildman–Crippen LogP) is 9.99. The summed E-state index contributed by atoms with van der Waals surface area (Å²) in [6, 6.07) is 40.2. The number of hydrogen-bond acceptors (Lipinski definition) is 5. The Bertz CT molecular complexity index is 1290. The lowest BCUT2D eigenvalue weighted by Gasteiger charge is -2.07. The van der Waals surface area contributed by atoms with Crippen LogP contribution >= 0.6 is 23.5 Å². The molecule has 0 saturated carbocycles. The van der Waals surface area contributed by atoms with Gasteiger partial charge in [-0.25, -0.2) is 0 Å². The lowest BCUT2D eigenvalue weighted by Crippen LogP contribution is -2.05. The van der Waals surface area contributed by atoms with E-state index in [-0.39, 0.29) is 5.78 Å². The molecule has 3 nitrogen and oxygen atoms in total. The fourth-order valence-corrected chi connectivity index (χ4v) is 4.82. The summed E-state index contributed by atoms with van der Waals surface area (Å²) in [6.07, 6.45) is 0.482. The van der Waals surface area contributed by atoms with Crippen LogP contribution in [0.1, 0.15) is 51.7 Å². The number of benzene rings is 4. The van der Waals surface area contributed by atoms with Gasteiger partial charge in [0.1, 0.15) is 5.92 Å². The van der Waals surface area contributed by atoms with E-state index in [1.54, 1.807) is 23.5 Å². The zero-order valence-electron chi connectivity index (χ0n) is 23.3. The normalized spacial score (nSPS) is 9.92. The van der Waals surface area contributed by atoms with E-state index in [1.165, 1.54) is 21.6 Å². The number of carbonyl (C=O) groups excluding carboxylic acids is 1. The van der Waals surface area contributed by atoms with Crippen LogP contribution in [0.4, 0.5) is 0 Å². The molecule has 39 heavy (non-hydrogen) atoms.